The van der Waals surface area contributed by atoms with Crippen LogP contribution in [0.25, 0.3) is 6.08 Å². The van der Waals surface area contributed by atoms with Gasteiger partial charge in [-0.2, -0.15) is 0 Å². The van der Waals surface area contributed by atoms with Crippen LogP contribution in [-0.4, -0.2) is 46.9 Å². The fourth-order valence-corrected chi connectivity index (χ4v) is 3.30. The van der Waals surface area contributed by atoms with E-state index in [0.717, 1.165) is 0 Å². The van der Waals surface area contributed by atoms with E-state index >= 15 is 0 Å². The second-order valence-electron chi connectivity index (χ2n) is 6.27. The van der Waals surface area contributed by atoms with Crippen molar-refractivity contribution in [1.29, 1.82) is 0 Å². The normalized spacial score (nSPS) is 16.4. The third-order valence-electron chi connectivity index (χ3n) is 4.38. The Balaban J connectivity index is 1.90. The molecule has 1 heterocycles. The number of hydrogen-bond acceptors (Lipinski definition) is 3. The second kappa shape index (κ2) is 9.44. The molecule has 1 unspecified atom stereocenters. The fraction of sp³-hybridized carbons (Fsp3) is 0.389. The highest BCUT2D eigenvalue weighted by Gasteiger charge is 2.28. The van der Waals surface area contributed by atoms with Gasteiger partial charge in [-0.1, -0.05) is 40.9 Å². The molecule has 1 atom stereocenters. The van der Waals surface area contributed by atoms with Gasteiger partial charge in [0.25, 0.3) is 0 Å². The highest BCUT2D eigenvalue weighted by atomic mass is 35.5. The Morgan fingerprint density at radius 2 is 1.81 bits per heavy atom. The van der Waals surface area contributed by atoms with Crippen molar-refractivity contribution in [3.63, 3.8) is 0 Å². The average molecular weight is 434 g/mol. The van der Waals surface area contributed by atoms with Crippen LogP contribution in [-0.2, 0) is 14.4 Å². The summed E-state index contributed by atoms with van der Waals surface area (Å²) in [4.78, 5) is 36.8. The summed E-state index contributed by atoms with van der Waals surface area (Å²) < 4.78 is 0. The Morgan fingerprint density at radius 1 is 1.19 bits per heavy atom. The van der Waals surface area contributed by atoms with E-state index in [1.165, 1.54) is 13.0 Å². The van der Waals surface area contributed by atoms with Crippen LogP contribution in [0.3, 0.4) is 0 Å². The third kappa shape index (κ3) is 5.61. The first-order chi connectivity index (χ1) is 12.7. The Kier molecular flexibility index (Phi) is 7.53. The van der Waals surface area contributed by atoms with Crippen molar-refractivity contribution in [3.05, 3.63) is 38.8 Å². The summed E-state index contributed by atoms with van der Waals surface area (Å²) in [5.74, 6) is -1.88. The second-order valence-corrected chi connectivity index (χ2v) is 7.43. The van der Waals surface area contributed by atoms with Crippen LogP contribution in [0.5, 0.6) is 0 Å². The van der Waals surface area contributed by atoms with E-state index in [4.69, 9.17) is 39.9 Å². The first-order valence-corrected chi connectivity index (χ1v) is 9.47. The third-order valence-corrected chi connectivity index (χ3v) is 5.69. The van der Waals surface area contributed by atoms with E-state index in [1.54, 1.807) is 23.1 Å². The lowest BCUT2D eigenvalue weighted by atomic mass is 9.95. The number of halogens is 3. The number of likely N-dealkylation sites (tertiary alicyclic amines) is 1. The molecule has 2 rings (SSSR count). The molecule has 1 aliphatic rings. The van der Waals surface area contributed by atoms with Crippen molar-refractivity contribution in [3.8, 4) is 0 Å². The van der Waals surface area contributed by atoms with Gasteiger partial charge in [0.15, 0.2) is 0 Å². The van der Waals surface area contributed by atoms with Gasteiger partial charge in [0.1, 0.15) is 6.04 Å². The van der Waals surface area contributed by atoms with Crippen LogP contribution in [0.4, 0.5) is 0 Å². The maximum Gasteiger partial charge on any atom is 0.325 e. The molecule has 27 heavy (non-hydrogen) atoms. The number of carbonyl (C=O) groups excluding carboxylic acids is 2. The Bertz CT molecular complexity index is 774. The van der Waals surface area contributed by atoms with Gasteiger partial charge in [0.05, 0.1) is 15.1 Å². The van der Waals surface area contributed by atoms with E-state index in [1.807, 2.05) is 0 Å². The zero-order valence-corrected chi connectivity index (χ0v) is 16.8. The van der Waals surface area contributed by atoms with E-state index in [2.05, 4.69) is 5.32 Å². The number of aliphatic carboxylic acids is 1. The van der Waals surface area contributed by atoms with Gasteiger partial charge in [-0.05, 0) is 37.5 Å². The Morgan fingerprint density at radius 3 is 2.41 bits per heavy atom. The summed E-state index contributed by atoms with van der Waals surface area (Å²) in [6.45, 7) is 2.24. The van der Waals surface area contributed by atoms with Gasteiger partial charge >= 0.3 is 5.97 Å². The molecule has 9 heteroatoms. The lowest BCUT2D eigenvalue weighted by Crippen LogP contribution is -2.46. The molecule has 6 nitrogen and oxygen atoms in total. The lowest BCUT2D eigenvalue weighted by Gasteiger charge is -2.31. The van der Waals surface area contributed by atoms with Gasteiger partial charge in [-0.3, -0.25) is 14.4 Å². The van der Waals surface area contributed by atoms with Crippen molar-refractivity contribution >= 4 is 58.7 Å². The quantitative estimate of drug-likeness (QED) is 0.550. The van der Waals surface area contributed by atoms with Crippen molar-refractivity contribution in [2.75, 3.05) is 13.1 Å². The molecule has 0 radical (unpaired) electrons. The van der Waals surface area contributed by atoms with Crippen LogP contribution < -0.4 is 5.32 Å². The van der Waals surface area contributed by atoms with E-state index in [-0.39, 0.29) is 27.8 Å². The van der Waals surface area contributed by atoms with Crippen molar-refractivity contribution in [1.82, 2.24) is 10.2 Å². The molecule has 0 spiro atoms. The molecule has 0 bridgehead atoms. The Hall–Kier alpha value is -1.76. The molecule has 2 amide bonds. The minimum atomic E-state index is -1.08. The number of hydrogen-bond donors (Lipinski definition) is 2. The summed E-state index contributed by atoms with van der Waals surface area (Å²) in [6, 6.07) is 2.33. The highest BCUT2D eigenvalue weighted by molar-refractivity contribution is 6.48. The van der Waals surface area contributed by atoms with Gasteiger partial charge in [-0.15, -0.1) is 0 Å². The minimum Gasteiger partial charge on any atom is -0.480 e. The molecule has 1 fully saturated rings. The number of piperidine rings is 1. The van der Waals surface area contributed by atoms with Crippen LogP contribution >= 0.6 is 34.8 Å². The van der Waals surface area contributed by atoms with Crippen molar-refractivity contribution < 1.29 is 19.5 Å². The van der Waals surface area contributed by atoms with E-state index in [9.17, 15) is 14.4 Å². The standard InChI is InChI=1S/C18H19Cl3N2O4/c1-10(18(26)27)22-17(25)12-6-8-23(9-7-12)14(24)5-3-11-2-4-13(19)16(21)15(11)20/h2-5,10,12H,6-9H2,1H3,(H,22,25)(H,26,27)/b5-3+. The highest BCUT2D eigenvalue weighted by Crippen LogP contribution is 2.33. The zero-order chi connectivity index (χ0) is 20.1. The molecule has 1 aliphatic heterocycles. The maximum atomic E-state index is 12.3. The van der Waals surface area contributed by atoms with Gasteiger partial charge in [0, 0.05) is 25.1 Å². The predicted molar refractivity (Wildman–Crippen MR) is 105 cm³/mol. The summed E-state index contributed by atoms with van der Waals surface area (Å²) in [5, 5.41) is 12.2. The van der Waals surface area contributed by atoms with Crippen molar-refractivity contribution in [2.45, 2.75) is 25.8 Å². The first-order valence-electron chi connectivity index (χ1n) is 8.34. The number of carboxylic acid groups (broad SMARTS) is 1. The first kappa shape index (κ1) is 21.5. The molecule has 2 N–H and O–H groups in total. The molecule has 0 aliphatic carbocycles. The number of benzene rings is 1. The number of carboxylic acids is 1. The van der Waals surface area contributed by atoms with Crippen LogP contribution in [0.2, 0.25) is 15.1 Å². The summed E-state index contributed by atoms with van der Waals surface area (Å²) in [6.07, 6.45) is 3.93. The number of rotatable bonds is 5. The smallest absolute Gasteiger partial charge is 0.325 e. The Labute approximate surface area is 172 Å². The molecule has 1 aromatic carbocycles. The maximum absolute atomic E-state index is 12.3. The van der Waals surface area contributed by atoms with Crippen LogP contribution in [0.1, 0.15) is 25.3 Å². The molecule has 1 aromatic rings. The zero-order valence-electron chi connectivity index (χ0n) is 14.5. The summed E-state index contributed by atoms with van der Waals surface area (Å²) in [7, 11) is 0. The number of carbonyl (C=O) groups is 3. The van der Waals surface area contributed by atoms with E-state index < -0.39 is 12.0 Å². The number of nitrogens with zero attached hydrogens (tertiary/aromatic N) is 1. The fourth-order valence-electron chi connectivity index (χ4n) is 2.69. The minimum absolute atomic E-state index is 0.199. The molecular weight excluding hydrogens is 415 g/mol. The summed E-state index contributed by atoms with van der Waals surface area (Å²) >= 11 is 18.0. The molecular formula is C18H19Cl3N2O4. The SMILES string of the molecule is CC(NC(=O)C1CCN(C(=O)/C=C/c2ccc(Cl)c(Cl)c2Cl)CC1)C(=O)O. The number of amides is 2. The van der Waals surface area contributed by atoms with Gasteiger partial charge in [-0.25, -0.2) is 0 Å². The topological polar surface area (TPSA) is 86.7 Å². The van der Waals surface area contributed by atoms with E-state index in [0.29, 0.717) is 36.5 Å². The van der Waals surface area contributed by atoms with Crippen molar-refractivity contribution in [2.24, 2.45) is 5.92 Å². The molecule has 146 valence electrons. The molecule has 0 aromatic heterocycles. The molecule has 1 saturated heterocycles. The average Bonchev–Trinajstić information content (AvgIpc) is 2.65. The largest absolute Gasteiger partial charge is 0.480 e. The van der Waals surface area contributed by atoms with Crippen LogP contribution in [0.15, 0.2) is 18.2 Å². The molecule has 0 saturated carbocycles. The number of nitrogens with one attached hydrogen (secondary N) is 1. The monoisotopic (exact) mass is 432 g/mol. The van der Waals surface area contributed by atoms with Crippen LogP contribution in [0, 0.1) is 5.92 Å². The predicted octanol–water partition coefficient (Wildman–Crippen LogP) is 3.49. The van der Waals surface area contributed by atoms with Gasteiger partial charge in [0.2, 0.25) is 11.8 Å². The summed E-state index contributed by atoms with van der Waals surface area (Å²) in [5.41, 5.74) is 0.580. The lowest BCUT2D eigenvalue weighted by molar-refractivity contribution is -0.142. The van der Waals surface area contributed by atoms with Gasteiger partial charge < -0.3 is 15.3 Å².